The number of aliphatic imine (C=N–C) groups is 2. The zero-order valence-electron chi connectivity index (χ0n) is 29.9. The van der Waals surface area contributed by atoms with Gasteiger partial charge in [0.2, 0.25) is 0 Å². The number of rotatable bonds is 5. The Kier molecular flexibility index (Phi) is 14.3. The van der Waals surface area contributed by atoms with Gasteiger partial charge in [0, 0.05) is 34.7 Å². The minimum atomic E-state index is -0.598. The van der Waals surface area contributed by atoms with Crippen LogP contribution in [-0.4, -0.2) is 33.7 Å². The van der Waals surface area contributed by atoms with Crippen molar-refractivity contribution >= 4 is 22.1 Å². The molecule has 0 aliphatic rings. The molecule has 0 aromatic heterocycles. The molecule has 0 unspecified atom stereocenters. The van der Waals surface area contributed by atoms with Crippen molar-refractivity contribution < 1.29 is 27.5 Å². The van der Waals surface area contributed by atoms with E-state index < -0.39 is 11.1 Å². The molecule has 0 amide bonds. The number of phenolic OH excluding ortho intramolecular Hbond substituents is 2. The third-order valence-electron chi connectivity index (χ3n) is 8.18. The molecule has 2 aromatic carbocycles. The number of hydrogen-bond donors (Lipinski definition) is 2. The van der Waals surface area contributed by atoms with E-state index in [0.29, 0.717) is 0 Å². The van der Waals surface area contributed by atoms with Gasteiger partial charge in [0.1, 0.15) is 11.5 Å². The van der Waals surface area contributed by atoms with Crippen molar-refractivity contribution in [3.05, 3.63) is 68.1 Å². The van der Waals surface area contributed by atoms with Crippen LogP contribution in [0.15, 0.2) is 34.3 Å². The average molecular weight is 717 g/mol. The van der Waals surface area contributed by atoms with E-state index in [4.69, 9.17) is 20.5 Å². The van der Waals surface area contributed by atoms with Crippen LogP contribution in [0.25, 0.3) is 5.59 Å². The molecule has 0 spiro atoms. The second-order valence-corrected chi connectivity index (χ2v) is 16.6. The normalized spacial score (nSPS) is 13.4. The molecule has 0 aliphatic carbocycles. The van der Waals surface area contributed by atoms with Gasteiger partial charge in [-0.1, -0.05) is 95.2 Å². The summed E-state index contributed by atoms with van der Waals surface area (Å²) in [6, 6.07) is 8.33. The molecule has 2 rings (SSSR count). The average Bonchev–Trinajstić information content (AvgIpc) is 2.87. The number of hydrogen-bond acceptors (Lipinski definition) is 5. The predicted molar refractivity (Wildman–Crippen MR) is 190 cm³/mol. The van der Waals surface area contributed by atoms with Crippen LogP contribution in [0.5, 0.6) is 11.5 Å². The van der Waals surface area contributed by atoms with Crippen molar-refractivity contribution in [3.8, 4) is 11.5 Å². The van der Waals surface area contributed by atoms with Gasteiger partial charge in [-0.3, -0.25) is 9.98 Å². The molecular formula is C36H58ClN3O3Ru-. The van der Waals surface area contributed by atoms with E-state index in [9.17, 15) is 10.2 Å². The first-order valence-electron chi connectivity index (χ1n) is 14.9. The summed E-state index contributed by atoms with van der Waals surface area (Å²) in [5.74, 6) is 0.556. The Morgan fingerprint density at radius 1 is 0.545 bits per heavy atom. The number of phenols is 2. The van der Waals surface area contributed by atoms with Gasteiger partial charge in [-0.2, -0.15) is 0 Å². The van der Waals surface area contributed by atoms with Crippen LogP contribution in [-0.2, 0) is 39.0 Å². The standard InChI is InChI=1S/C36H56N2O2.ClH.NO.Ru.2H/c1-31(2,3)25-17-23(29(39)27(19-25)33(7,8)9)21-37-35(13,14)36(15,16)38-22-24-18-26(32(4,5)6)20-28(30(24)40)34(10,11)12;;1-2;;;/h17-22,39-40H,1-16H3;1H;;;;/q;;-1;+1;;/p-1. The van der Waals surface area contributed by atoms with Gasteiger partial charge in [-0.25, -0.2) is 0 Å². The smallest absolute Gasteiger partial charge is 0.423 e. The number of benzene rings is 2. The Morgan fingerprint density at radius 3 is 1.00 bits per heavy atom. The minimum Gasteiger partial charge on any atom is -0.577 e. The summed E-state index contributed by atoms with van der Waals surface area (Å²) in [7, 11) is 4.65. The maximum absolute atomic E-state index is 11.2. The van der Waals surface area contributed by atoms with Gasteiger partial charge >= 0.3 is 27.0 Å². The summed E-state index contributed by atoms with van der Waals surface area (Å²) in [5.41, 5.74) is 9.61. The van der Waals surface area contributed by atoms with Crippen LogP contribution in [0.1, 0.15) is 144 Å². The maximum Gasteiger partial charge on any atom is -0.423 e. The summed E-state index contributed by atoms with van der Waals surface area (Å²) >= 11 is 1.42. The Balaban J connectivity index is 0.00000443. The van der Waals surface area contributed by atoms with Gasteiger partial charge in [0.15, 0.2) is 0 Å². The molecule has 0 aliphatic heterocycles. The van der Waals surface area contributed by atoms with Crippen LogP contribution in [0.2, 0.25) is 0 Å². The molecule has 0 atom stereocenters. The van der Waals surface area contributed by atoms with Gasteiger partial charge in [-0.05, 0) is 72.6 Å². The molecule has 0 bridgehead atoms. The van der Waals surface area contributed by atoms with Gasteiger partial charge in [-0.15, -0.1) is 0 Å². The van der Waals surface area contributed by atoms with Crippen LogP contribution >= 0.6 is 9.69 Å². The van der Waals surface area contributed by atoms with Crippen molar-refractivity contribution in [1.82, 2.24) is 0 Å². The van der Waals surface area contributed by atoms with E-state index >= 15 is 0 Å². The third-order valence-corrected chi connectivity index (χ3v) is 8.18. The van der Waals surface area contributed by atoms with Crippen LogP contribution < -0.4 is 0 Å². The molecule has 0 saturated heterocycles. The second kappa shape index (κ2) is 15.0. The monoisotopic (exact) mass is 717 g/mol. The third kappa shape index (κ3) is 10.8. The molecule has 0 saturated carbocycles. The van der Waals surface area contributed by atoms with Crippen molar-refractivity contribution in [2.75, 3.05) is 0 Å². The van der Waals surface area contributed by atoms with Crippen LogP contribution in [0, 0.1) is 4.91 Å². The van der Waals surface area contributed by atoms with E-state index in [1.165, 1.54) is 17.3 Å². The summed E-state index contributed by atoms with van der Waals surface area (Å²) in [6.07, 6.45) is 3.60. The second-order valence-electron chi connectivity index (χ2n) is 16.6. The summed E-state index contributed by atoms with van der Waals surface area (Å²) in [6.45, 7) is 34.0. The van der Waals surface area contributed by atoms with E-state index in [1.54, 1.807) is 12.4 Å². The van der Waals surface area contributed by atoms with Crippen molar-refractivity contribution in [1.29, 1.82) is 0 Å². The Hall–Kier alpha value is -2.11. The largest absolute Gasteiger partial charge is 0.577 e. The Morgan fingerprint density at radius 2 is 0.795 bits per heavy atom. The molecule has 0 fully saturated rings. The van der Waals surface area contributed by atoms with Gasteiger partial charge in [0.05, 0.1) is 11.1 Å². The fraction of sp³-hybridized carbons (Fsp3) is 0.611. The van der Waals surface area contributed by atoms with Crippen molar-refractivity contribution in [2.45, 2.75) is 144 Å². The van der Waals surface area contributed by atoms with Gasteiger partial charge < -0.3 is 20.7 Å². The van der Waals surface area contributed by atoms with E-state index in [-0.39, 0.29) is 33.2 Å². The Labute approximate surface area is 281 Å². The molecule has 2 aromatic rings. The minimum absolute atomic E-state index is 0.0646. The van der Waals surface area contributed by atoms with E-state index in [2.05, 4.69) is 133 Å². The van der Waals surface area contributed by atoms with E-state index in [1.807, 2.05) is 12.1 Å². The molecule has 0 radical (unpaired) electrons. The van der Waals surface area contributed by atoms with Crippen molar-refractivity contribution in [2.24, 2.45) is 9.98 Å². The molecule has 44 heavy (non-hydrogen) atoms. The number of nitroso groups, excluding NO2 is 1. The maximum atomic E-state index is 11.2. The fourth-order valence-corrected chi connectivity index (χ4v) is 4.30. The van der Waals surface area contributed by atoms with Crippen LogP contribution in [0.4, 0.5) is 0 Å². The van der Waals surface area contributed by atoms with Crippen LogP contribution in [0.3, 0.4) is 0 Å². The fourth-order valence-electron chi connectivity index (χ4n) is 4.30. The predicted octanol–water partition coefficient (Wildman–Crippen LogP) is 9.86. The molecule has 8 heteroatoms. The molecular weight excluding hydrogens is 659 g/mol. The summed E-state index contributed by atoms with van der Waals surface area (Å²) < 4.78 is 0. The topological polar surface area (TPSA) is 105 Å². The first-order valence-corrected chi connectivity index (χ1v) is 17.5. The zero-order chi connectivity index (χ0) is 35.3. The first kappa shape index (κ1) is 41.9. The first-order chi connectivity index (χ1) is 19.7. The molecule has 2 N–H and O–H groups in total. The number of nitrogens with zero attached hydrogens (tertiary/aromatic N) is 3. The SMILES string of the molecule is CC(C)(C)c1cc(C=NC(C)(C)C(C)(C)N=Cc2cc(C(C)(C)C)cc(C(C)(C)C)c2O)c(O)c(C(C)(C)C)c1.[Cl][RuH2].[N-]=O. The summed E-state index contributed by atoms with van der Waals surface area (Å²) in [4.78, 5) is 17.2. The number of aromatic hydroxyl groups is 2. The van der Waals surface area contributed by atoms with Gasteiger partial charge in [0.25, 0.3) is 0 Å². The molecule has 0 heterocycles. The van der Waals surface area contributed by atoms with Crippen molar-refractivity contribution in [3.63, 3.8) is 0 Å². The molecule has 251 valence electrons. The quantitative estimate of drug-likeness (QED) is 0.238. The summed E-state index contributed by atoms with van der Waals surface area (Å²) in [5, 5.41) is 22.5. The Bertz CT molecular complexity index is 1220. The van der Waals surface area contributed by atoms with E-state index in [0.717, 1.165) is 33.4 Å². The molecule has 6 nitrogen and oxygen atoms in total. The zero-order valence-corrected chi connectivity index (χ0v) is 32.7. The number of halogens is 1.